The number of aliphatic hydroxyl groups is 1. The fourth-order valence-corrected chi connectivity index (χ4v) is 2.86. The van der Waals surface area contributed by atoms with E-state index in [4.69, 9.17) is 11.6 Å². The van der Waals surface area contributed by atoms with Crippen LogP contribution in [0.2, 0.25) is 5.02 Å². The van der Waals surface area contributed by atoms with Crippen molar-refractivity contribution in [3.8, 4) is 5.75 Å². The number of hydrogen-bond donors (Lipinski definition) is 1. The SMILES string of the molecule is OC(Cc1ccc(OC(F)(F)F)cc1)c1sccc1Cl. The molecule has 1 heterocycles. The van der Waals surface area contributed by atoms with E-state index in [9.17, 15) is 18.3 Å². The van der Waals surface area contributed by atoms with Gasteiger partial charge in [0.05, 0.1) is 16.0 Å². The molecule has 1 N–H and O–H groups in total. The van der Waals surface area contributed by atoms with Crippen molar-refractivity contribution in [2.24, 2.45) is 0 Å². The average molecular weight is 323 g/mol. The fraction of sp³-hybridized carbons (Fsp3) is 0.231. The van der Waals surface area contributed by atoms with Gasteiger partial charge in [-0.15, -0.1) is 24.5 Å². The molecule has 0 bridgehead atoms. The molecule has 0 saturated carbocycles. The summed E-state index contributed by atoms with van der Waals surface area (Å²) in [6, 6.07) is 7.07. The Morgan fingerprint density at radius 2 is 1.85 bits per heavy atom. The Hall–Kier alpha value is -1.24. The minimum atomic E-state index is -4.70. The molecule has 0 aliphatic rings. The monoisotopic (exact) mass is 322 g/mol. The maximum Gasteiger partial charge on any atom is 0.573 e. The third-order valence-electron chi connectivity index (χ3n) is 2.53. The van der Waals surface area contributed by atoms with Gasteiger partial charge < -0.3 is 9.84 Å². The normalized spacial score (nSPS) is 13.2. The largest absolute Gasteiger partial charge is 0.573 e. The van der Waals surface area contributed by atoms with Crippen LogP contribution in [0.5, 0.6) is 5.75 Å². The van der Waals surface area contributed by atoms with Crippen molar-refractivity contribution in [2.75, 3.05) is 0 Å². The molecule has 0 spiro atoms. The summed E-state index contributed by atoms with van der Waals surface area (Å²) in [5.74, 6) is -0.287. The van der Waals surface area contributed by atoms with Gasteiger partial charge >= 0.3 is 6.36 Å². The molecule has 2 aromatic rings. The zero-order valence-corrected chi connectivity index (χ0v) is 11.6. The van der Waals surface area contributed by atoms with Gasteiger partial charge in [0.1, 0.15) is 5.75 Å². The zero-order valence-electron chi connectivity index (χ0n) is 10.0. The number of rotatable bonds is 4. The highest BCUT2D eigenvalue weighted by Crippen LogP contribution is 2.31. The van der Waals surface area contributed by atoms with E-state index in [1.807, 2.05) is 0 Å². The molecule has 0 fully saturated rings. The second-order valence-electron chi connectivity index (χ2n) is 4.04. The van der Waals surface area contributed by atoms with E-state index in [-0.39, 0.29) is 12.2 Å². The summed E-state index contributed by atoms with van der Waals surface area (Å²) >= 11 is 7.24. The summed E-state index contributed by atoms with van der Waals surface area (Å²) < 4.78 is 39.8. The maximum atomic E-state index is 12.0. The van der Waals surface area contributed by atoms with Crippen molar-refractivity contribution in [1.29, 1.82) is 0 Å². The smallest absolute Gasteiger partial charge is 0.406 e. The van der Waals surface area contributed by atoms with E-state index in [0.29, 0.717) is 15.5 Å². The van der Waals surface area contributed by atoms with E-state index < -0.39 is 12.5 Å². The van der Waals surface area contributed by atoms with E-state index in [1.54, 1.807) is 11.4 Å². The Kier molecular flexibility index (Phi) is 4.57. The lowest BCUT2D eigenvalue weighted by molar-refractivity contribution is -0.274. The van der Waals surface area contributed by atoms with Gasteiger partial charge in [0.15, 0.2) is 0 Å². The predicted molar refractivity (Wildman–Crippen MR) is 71.1 cm³/mol. The first-order valence-corrected chi connectivity index (χ1v) is 6.86. The maximum absolute atomic E-state index is 12.0. The summed E-state index contributed by atoms with van der Waals surface area (Å²) in [6.07, 6.45) is -5.21. The van der Waals surface area contributed by atoms with Crippen LogP contribution in [0, 0.1) is 0 Å². The van der Waals surface area contributed by atoms with E-state index in [2.05, 4.69) is 4.74 Å². The van der Waals surface area contributed by atoms with Crippen LogP contribution in [0.15, 0.2) is 35.7 Å². The lowest BCUT2D eigenvalue weighted by atomic mass is 10.1. The summed E-state index contributed by atoms with van der Waals surface area (Å²) in [5, 5.41) is 12.3. The van der Waals surface area contributed by atoms with E-state index in [0.717, 1.165) is 0 Å². The second-order valence-corrected chi connectivity index (χ2v) is 5.40. The van der Waals surface area contributed by atoms with Crippen LogP contribution in [-0.2, 0) is 6.42 Å². The molecular weight excluding hydrogens is 313 g/mol. The van der Waals surface area contributed by atoms with Gasteiger partial charge in [-0.25, -0.2) is 0 Å². The van der Waals surface area contributed by atoms with Crippen molar-refractivity contribution in [3.63, 3.8) is 0 Å². The lowest BCUT2D eigenvalue weighted by Gasteiger charge is -2.11. The Bertz CT molecular complexity index is 566. The van der Waals surface area contributed by atoms with Gasteiger partial charge in [0.2, 0.25) is 0 Å². The van der Waals surface area contributed by atoms with Crippen molar-refractivity contribution < 1.29 is 23.0 Å². The quantitative estimate of drug-likeness (QED) is 0.893. The fourth-order valence-electron chi connectivity index (χ4n) is 1.69. The van der Waals surface area contributed by atoms with E-state index in [1.165, 1.54) is 35.6 Å². The number of alkyl halides is 3. The van der Waals surface area contributed by atoms with Crippen molar-refractivity contribution in [1.82, 2.24) is 0 Å². The molecule has 2 nitrogen and oxygen atoms in total. The van der Waals surface area contributed by atoms with Crippen LogP contribution in [0.1, 0.15) is 16.5 Å². The van der Waals surface area contributed by atoms with Crippen LogP contribution in [0.4, 0.5) is 13.2 Å². The molecular formula is C13H10ClF3O2S. The van der Waals surface area contributed by atoms with Crippen LogP contribution in [0.3, 0.4) is 0 Å². The first-order valence-electron chi connectivity index (χ1n) is 5.61. The molecule has 7 heteroatoms. The van der Waals surface area contributed by atoms with Crippen molar-refractivity contribution in [2.45, 2.75) is 18.9 Å². The molecule has 108 valence electrons. The van der Waals surface area contributed by atoms with E-state index >= 15 is 0 Å². The van der Waals surface area contributed by atoms with Crippen LogP contribution >= 0.6 is 22.9 Å². The summed E-state index contributed by atoms with van der Waals surface area (Å²) in [4.78, 5) is 0.641. The van der Waals surface area contributed by atoms with Gasteiger partial charge in [-0.1, -0.05) is 23.7 Å². The topological polar surface area (TPSA) is 29.5 Å². The number of benzene rings is 1. The highest BCUT2D eigenvalue weighted by molar-refractivity contribution is 7.10. The zero-order chi connectivity index (χ0) is 14.8. The molecule has 1 atom stereocenters. The summed E-state index contributed by atoms with van der Waals surface area (Å²) in [5.41, 5.74) is 0.691. The van der Waals surface area contributed by atoms with Crippen LogP contribution in [0.25, 0.3) is 0 Å². The highest BCUT2D eigenvalue weighted by atomic mass is 35.5. The number of hydrogen-bond acceptors (Lipinski definition) is 3. The molecule has 20 heavy (non-hydrogen) atoms. The second kappa shape index (κ2) is 6.03. The minimum absolute atomic E-state index is 0.270. The molecule has 2 rings (SSSR count). The van der Waals surface area contributed by atoms with Gasteiger partial charge in [0.25, 0.3) is 0 Å². The molecule has 0 aliphatic heterocycles. The number of aliphatic hydroxyl groups excluding tert-OH is 1. The van der Waals surface area contributed by atoms with Crippen LogP contribution < -0.4 is 4.74 Å². The first kappa shape index (κ1) is 15.2. The van der Waals surface area contributed by atoms with Crippen molar-refractivity contribution >= 4 is 22.9 Å². The molecule has 1 unspecified atom stereocenters. The Balaban J connectivity index is 2.02. The first-order chi connectivity index (χ1) is 9.35. The number of thiophene rings is 1. The van der Waals surface area contributed by atoms with Gasteiger partial charge in [-0.2, -0.15) is 0 Å². The van der Waals surface area contributed by atoms with Crippen LogP contribution in [-0.4, -0.2) is 11.5 Å². The Morgan fingerprint density at radius 1 is 1.20 bits per heavy atom. The average Bonchev–Trinajstić information content (AvgIpc) is 2.76. The summed E-state index contributed by atoms with van der Waals surface area (Å²) in [7, 11) is 0. The molecule has 0 saturated heterocycles. The predicted octanol–water partition coefficient (Wildman–Crippen LogP) is 4.58. The molecule has 0 radical (unpaired) electrons. The van der Waals surface area contributed by atoms with Crippen molar-refractivity contribution in [3.05, 3.63) is 51.2 Å². The minimum Gasteiger partial charge on any atom is -0.406 e. The third-order valence-corrected chi connectivity index (χ3v) is 3.99. The number of ether oxygens (including phenoxy) is 1. The third kappa shape index (κ3) is 4.13. The molecule has 1 aromatic heterocycles. The Morgan fingerprint density at radius 3 is 2.35 bits per heavy atom. The molecule has 0 aliphatic carbocycles. The Labute approximate surface area is 122 Å². The lowest BCUT2D eigenvalue weighted by Crippen LogP contribution is -2.17. The standard InChI is InChI=1S/C13H10ClF3O2S/c14-10-5-6-20-12(10)11(18)7-8-1-3-9(4-2-8)19-13(15,16)17/h1-6,11,18H,7H2. The van der Waals surface area contributed by atoms with Gasteiger partial charge in [-0.3, -0.25) is 0 Å². The van der Waals surface area contributed by atoms with Gasteiger partial charge in [-0.05, 0) is 29.1 Å². The summed E-state index contributed by atoms with van der Waals surface area (Å²) in [6.45, 7) is 0. The number of halogens is 4. The van der Waals surface area contributed by atoms with Gasteiger partial charge in [0, 0.05) is 6.42 Å². The molecule has 0 amide bonds. The highest BCUT2D eigenvalue weighted by Gasteiger charge is 2.30. The molecule has 1 aromatic carbocycles.